The van der Waals surface area contributed by atoms with Crippen LogP contribution >= 0.6 is 11.6 Å². The lowest BCUT2D eigenvalue weighted by atomic mass is 10.1. The highest BCUT2D eigenvalue weighted by Gasteiger charge is 2.23. The first-order chi connectivity index (χ1) is 8.16. The highest BCUT2D eigenvalue weighted by Crippen LogP contribution is 2.16. The Balaban J connectivity index is 1.79. The quantitative estimate of drug-likeness (QED) is 0.759. The van der Waals surface area contributed by atoms with E-state index < -0.39 is 5.82 Å². The van der Waals surface area contributed by atoms with Gasteiger partial charge < -0.3 is 15.7 Å². The first kappa shape index (κ1) is 12.8. The first-order valence-corrected chi connectivity index (χ1v) is 6.08. The summed E-state index contributed by atoms with van der Waals surface area (Å²) in [5.74, 6) is -0.156. The van der Waals surface area contributed by atoms with Gasteiger partial charge in [0.1, 0.15) is 5.82 Å². The monoisotopic (exact) mass is 258 g/mol. The van der Waals surface area contributed by atoms with Crippen molar-refractivity contribution < 1.29 is 9.50 Å². The lowest BCUT2D eigenvalue weighted by Crippen LogP contribution is -2.30. The molecule has 0 radical (unpaired) electrons. The Kier molecular flexibility index (Phi) is 4.34. The molecule has 3 nitrogen and oxygen atoms in total. The molecule has 2 rings (SSSR count). The average molecular weight is 259 g/mol. The predicted molar refractivity (Wildman–Crippen MR) is 65.5 cm³/mol. The molecule has 94 valence electrons. The van der Waals surface area contributed by atoms with E-state index in [1.54, 1.807) is 12.1 Å². The van der Waals surface area contributed by atoms with Crippen LogP contribution < -0.4 is 10.6 Å². The van der Waals surface area contributed by atoms with E-state index in [1.807, 2.05) is 0 Å². The summed E-state index contributed by atoms with van der Waals surface area (Å²) in [7, 11) is 0. The van der Waals surface area contributed by atoms with Crippen LogP contribution in [0.5, 0.6) is 0 Å². The van der Waals surface area contributed by atoms with Gasteiger partial charge in [-0.05, 0) is 17.7 Å². The van der Waals surface area contributed by atoms with Crippen LogP contribution in [0.25, 0.3) is 0 Å². The normalized spacial score (nSPS) is 24.2. The summed E-state index contributed by atoms with van der Waals surface area (Å²) in [6, 6.07) is 4.69. The summed E-state index contributed by atoms with van der Waals surface area (Å²) in [6.07, 6.45) is -0.278. The van der Waals surface area contributed by atoms with Gasteiger partial charge in [-0.15, -0.1) is 0 Å². The van der Waals surface area contributed by atoms with Gasteiger partial charge in [0.25, 0.3) is 0 Å². The molecule has 1 aliphatic rings. The maximum Gasteiger partial charge on any atom is 0.141 e. The number of halogens is 2. The second-order valence-corrected chi connectivity index (χ2v) is 4.77. The van der Waals surface area contributed by atoms with Crippen molar-refractivity contribution in [3.63, 3.8) is 0 Å². The number of nitrogens with one attached hydrogen (secondary N) is 2. The third kappa shape index (κ3) is 3.39. The largest absolute Gasteiger partial charge is 0.391 e. The molecule has 0 aliphatic carbocycles. The Hall–Kier alpha value is -0.680. The molecule has 1 aromatic rings. The number of rotatable bonds is 4. The van der Waals surface area contributed by atoms with Gasteiger partial charge in [0.2, 0.25) is 0 Å². The van der Waals surface area contributed by atoms with Crippen LogP contribution in [-0.4, -0.2) is 30.8 Å². The molecular formula is C12H16ClFN2O. The van der Waals surface area contributed by atoms with Crippen LogP contribution in [-0.2, 0) is 6.54 Å². The third-order valence-corrected chi connectivity index (χ3v) is 3.31. The average Bonchev–Trinajstić information content (AvgIpc) is 2.70. The molecule has 1 aliphatic heterocycles. The molecule has 5 heteroatoms. The van der Waals surface area contributed by atoms with Crippen molar-refractivity contribution in [2.75, 3.05) is 19.6 Å². The van der Waals surface area contributed by atoms with Crippen molar-refractivity contribution in [3.8, 4) is 0 Å². The van der Waals surface area contributed by atoms with Crippen LogP contribution in [0, 0.1) is 11.7 Å². The Bertz CT molecular complexity index is 389. The van der Waals surface area contributed by atoms with Crippen molar-refractivity contribution in [2.24, 2.45) is 5.92 Å². The molecule has 1 heterocycles. The second-order valence-electron chi connectivity index (χ2n) is 4.37. The molecule has 1 fully saturated rings. The number of aliphatic hydroxyl groups excluding tert-OH is 1. The standard InChI is InChI=1S/C12H16ClFN2O/c13-10-3-8(1-2-11(10)14)4-15-5-9-6-16-7-12(9)17/h1-3,9,12,15-17H,4-7H2. The van der Waals surface area contributed by atoms with Gasteiger partial charge in [-0.25, -0.2) is 4.39 Å². The fourth-order valence-electron chi connectivity index (χ4n) is 1.98. The maximum atomic E-state index is 12.9. The minimum Gasteiger partial charge on any atom is -0.391 e. The highest BCUT2D eigenvalue weighted by atomic mass is 35.5. The van der Waals surface area contributed by atoms with Crippen LogP contribution in [0.3, 0.4) is 0 Å². The fraction of sp³-hybridized carbons (Fsp3) is 0.500. The molecule has 17 heavy (non-hydrogen) atoms. The molecule has 2 unspecified atom stereocenters. The van der Waals surface area contributed by atoms with Gasteiger partial charge in [0.15, 0.2) is 0 Å². The molecule has 1 saturated heterocycles. The van der Waals surface area contributed by atoms with Crippen LogP contribution in [0.2, 0.25) is 5.02 Å². The van der Waals surface area contributed by atoms with Crippen LogP contribution in [0.15, 0.2) is 18.2 Å². The van der Waals surface area contributed by atoms with E-state index in [-0.39, 0.29) is 17.0 Å². The van der Waals surface area contributed by atoms with Gasteiger partial charge in [-0.1, -0.05) is 17.7 Å². The third-order valence-electron chi connectivity index (χ3n) is 3.02. The van der Waals surface area contributed by atoms with Crippen molar-refractivity contribution >= 4 is 11.6 Å². The molecule has 2 atom stereocenters. The van der Waals surface area contributed by atoms with Crippen LogP contribution in [0.1, 0.15) is 5.56 Å². The molecule has 0 spiro atoms. The number of hydrogen-bond donors (Lipinski definition) is 3. The summed E-state index contributed by atoms with van der Waals surface area (Å²) in [5, 5.41) is 16.1. The van der Waals surface area contributed by atoms with Crippen LogP contribution in [0.4, 0.5) is 4.39 Å². The number of benzene rings is 1. The van der Waals surface area contributed by atoms with Gasteiger partial charge >= 0.3 is 0 Å². The van der Waals surface area contributed by atoms with E-state index in [9.17, 15) is 9.50 Å². The minimum absolute atomic E-state index is 0.145. The lowest BCUT2D eigenvalue weighted by Gasteiger charge is -2.14. The van der Waals surface area contributed by atoms with Crippen molar-refractivity contribution in [3.05, 3.63) is 34.6 Å². The zero-order chi connectivity index (χ0) is 12.3. The molecule has 0 saturated carbocycles. The number of β-amino-alcohol motifs (C(OH)–C–C–N with tert-alkyl or cyclic N) is 1. The zero-order valence-electron chi connectivity index (χ0n) is 9.42. The SMILES string of the molecule is OC1CNCC1CNCc1ccc(F)c(Cl)c1. The Morgan fingerprint density at radius 2 is 2.29 bits per heavy atom. The number of hydrogen-bond acceptors (Lipinski definition) is 3. The van der Waals surface area contributed by atoms with Gasteiger partial charge in [-0.3, -0.25) is 0 Å². The summed E-state index contributed by atoms with van der Waals surface area (Å²) in [4.78, 5) is 0. The van der Waals surface area contributed by atoms with Gasteiger partial charge in [-0.2, -0.15) is 0 Å². The first-order valence-electron chi connectivity index (χ1n) is 5.70. The molecular weight excluding hydrogens is 243 g/mol. The van der Waals surface area contributed by atoms with Crippen molar-refractivity contribution in [2.45, 2.75) is 12.6 Å². The van der Waals surface area contributed by atoms with E-state index in [0.29, 0.717) is 13.1 Å². The smallest absolute Gasteiger partial charge is 0.141 e. The predicted octanol–water partition coefficient (Wildman–Crippen LogP) is 1.15. The Morgan fingerprint density at radius 1 is 1.47 bits per heavy atom. The second kappa shape index (κ2) is 5.78. The van der Waals surface area contributed by atoms with E-state index in [0.717, 1.165) is 18.7 Å². The van der Waals surface area contributed by atoms with E-state index in [2.05, 4.69) is 10.6 Å². The van der Waals surface area contributed by atoms with E-state index >= 15 is 0 Å². The van der Waals surface area contributed by atoms with Gasteiger partial charge in [0, 0.05) is 32.1 Å². The molecule has 3 N–H and O–H groups in total. The van der Waals surface area contributed by atoms with Crippen molar-refractivity contribution in [1.29, 1.82) is 0 Å². The summed E-state index contributed by atoms with van der Waals surface area (Å²) in [6.45, 7) is 2.86. The molecule has 0 amide bonds. The lowest BCUT2D eigenvalue weighted by molar-refractivity contribution is 0.146. The van der Waals surface area contributed by atoms with E-state index in [4.69, 9.17) is 11.6 Å². The minimum atomic E-state index is -0.397. The summed E-state index contributed by atoms with van der Waals surface area (Å²) in [5.41, 5.74) is 0.942. The Labute approximate surface area is 105 Å². The van der Waals surface area contributed by atoms with E-state index in [1.165, 1.54) is 6.07 Å². The topological polar surface area (TPSA) is 44.3 Å². The fourth-order valence-corrected chi connectivity index (χ4v) is 2.18. The number of aliphatic hydroxyl groups is 1. The summed E-state index contributed by atoms with van der Waals surface area (Å²) < 4.78 is 12.9. The Morgan fingerprint density at radius 3 is 2.94 bits per heavy atom. The molecule has 0 aromatic heterocycles. The molecule has 0 bridgehead atoms. The molecule has 1 aromatic carbocycles. The zero-order valence-corrected chi connectivity index (χ0v) is 10.2. The summed E-state index contributed by atoms with van der Waals surface area (Å²) >= 11 is 5.69. The maximum absolute atomic E-state index is 12.9. The highest BCUT2D eigenvalue weighted by molar-refractivity contribution is 6.30. The van der Waals surface area contributed by atoms with Crippen molar-refractivity contribution in [1.82, 2.24) is 10.6 Å². The van der Waals surface area contributed by atoms with Gasteiger partial charge in [0.05, 0.1) is 11.1 Å².